The lowest BCUT2D eigenvalue weighted by atomic mass is 10.1. The molecule has 1 unspecified atom stereocenters. The maximum Gasteiger partial charge on any atom is 0.320 e. The number of methoxy groups -OCH3 is 1. The molecule has 0 spiro atoms. The number of aryl methyl sites for hydroxylation is 1. The van der Waals surface area contributed by atoms with Gasteiger partial charge in [-0.25, -0.2) is 9.78 Å². The Kier molecular flexibility index (Phi) is 6.34. The predicted octanol–water partition coefficient (Wildman–Crippen LogP) is 3.55. The zero-order valence-corrected chi connectivity index (χ0v) is 18.1. The Morgan fingerprint density at radius 1 is 1.19 bits per heavy atom. The molecular formula is C23H26N6O3. The van der Waals surface area contributed by atoms with Crippen molar-refractivity contribution in [2.24, 2.45) is 0 Å². The number of benzene rings is 2. The minimum atomic E-state index is -0.525. The number of hydrogen-bond donors (Lipinski definition) is 3. The molecule has 1 aromatic heterocycles. The van der Waals surface area contributed by atoms with Gasteiger partial charge in [0.25, 0.3) is 0 Å². The third-order valence-corrected chi connectivity index (χ3v) is 5.33. The number of aromatic amines is 1. The molecule has 3 amide bonds. The number of carbonyl (C=O) groups is 2. The van der Waals surface area contributed by atoms with Gasteiger partial charge in [0.05, 0.1) is 12.8 Å². The van der Waals surface area contributed by atoms with E-state index in [4.69, 9.17) is 4.74 Å². The predicted molar refractivity (Wildman–Crippen MR) is 121 cm³/mol. The molecule has 2 heterocycles. The van der Waals surface area contributed by atoms with Crippen molar-refractivity contribution in [2.45, 2.75) is 32.2 Å². The topological polar surface area (TPSA) is 112 Å². The van der Waals surface area contributed by atoms with Crippen LogP contribution in [0.1, 0.15) is 42.5 Å². The maximum atomic E-state index is 12.9. The molecule has 0 aliphatic carbocycles. The summed E-state index contributed by atoms with van der Waals surface area (Å²) in [6.45, 7) is 2.44. The normalized spacial score (nSPS) is 14.7. The van der Waals surface area contributed by atoms with Gasteiger partial charge in [0.2, 0.25) is 5.91 Å². The van der Waals surface area contributed by atoms with E-state index >= 15 is 0 Å². The first-order chi connectivity index (χ1) is 15.5. The van der Waals surface area contributed by atoms with E-state index in [1.165, 1.54) is 0 Å². The van der Waals surface area contributed by atoms with Gasteiger partial charge in [-0.15, -0.1) is 0 Å². The third kappa shape index (κ3) is 4.72. The summed E-state index contributed by atoms with van der Waals surface area (Å²) in [7, 11) is 1.57. The molecule has 0 radical (unpaired) electrons. The molecule has 4 rings (SSSR count). The summed E-state index contributed by atoms with van der Waals surface area (Å²) in [5.41, 5.74) is 2.06. The van der Waals surface area contributed by atoms with Crippen molar-refractivity contribution < 1.29 is 14.3 Å². The number of ether oxygens (including phenoxy) is 1. The van der Waals surface area contributed by atoms with E-state index in [1.807, 2.05) is 30.3 Å². The summed E-state index contributed by atoms with van der Waals surface area (Å²) in [5.74, 6) is 1.78. The summed E-state index contributed by atoms with van der Waals surface area (Å²) < 4.78 is 5.45. The van der Waals surface area contributed by atoms with Crippen molar-refractivity contribution in [1.82, 2.24) is 20.5 Å². The van der Waals surface area contributed by atoms with E-state index in [0.29, 0.717) is 41.7 Å². The molecule has 3 aromatic rings. The van der Waals surface area contributed by atoms with Gasteiger partial charge in [-0.3, -0.25) is 9.89 Å². The standard InChI is InChI=1S/C23H26N6O3/c1-15-24-22(28-27-15)21(16-8-4-3-5-9-16)26-23(31)25-17-11-12-19(32-2)18(14-17)29-13-7-6-10-20(29)30/h3-5,8-9,11-12,14,21H,6-7,10,13H2,1-2H3,(H,24,27,28)(H2,25,26,31). The molecule has 0 bridgehead atoms. The summed E-state index contributed by atoms with van der Waals surface area (Å²) in [6.07, 6.45) is 2.33. The number of nitrogens with zero attached hydrogens (tertiary/aromatic N) is 3. The fraction of sp³-hybridized carbons (Fsp3) is 0.304. The van der Waals surface area contributed by atoms with Crippen molar-refractivity contribution in [3.05, 3.63) is 65.7 Å². The van der Waals surface area contributed by atoms with Crippen molar-refractivity contribution in [2.75, 3.05) is 23.9 Å². The molecule has 1 saturated heterocycles. The SMILES string of the molecule is COc1ccc(NC(=O)NC(c2ccccc2)c2n[nH]c(C)n2)cc1N1CCCCC1=O. The van der Waals surface area contributed by atoms with Gasteiger partial charge in [-0.1, -0.05) is 30.3 Å². The molecule has 32 heavy (non-hydrogen) atoms. The van der Waals surface area contributed by atoms with Crippen molar-refractivity contribution >= 4 is 23.3 Å². The van der Waals surface area contributed by atoms with Crippen LogP contribution in [0.4, 0.5) is 16.2 Å². The van der Waals surface area contributed by atoms with E-state index in [0.717, 1.165) is 18.4 Å². The summed E-state index contributed by atoms with van der Waals surface area (Å²) >= 11 is 0. The molecule has 0 saturated carbocycles. The van der Waals surface area contributed by atoms with Crippen LogP contribution < -0.4 is 20.3 Å². The van der Waals surface area contributed by atoms with Gasteiger partial charge < -0.3 is 20.3 Å². The molecule has 1 atom stereocenters. The molecule has 1 fully saturated rings. The number of piperidine rings is 1. The highest BCUT2D eigenvalue weighted by atomic mass is 16.5. The average Bonchev–Trinajstić information content (AvgIpc) is 3.24. The first kappa shape index (κ1) is 21.4. The number of urea groups is 1. The maximum absolute atomic E-state index is 12.9. The molecule has 166 valence electrons. The molecule has 9 nitrogen and oxygen atoms in total. The van der Waals surface area contributed by atoms with Crippen LogP contribution in [0.15, 0.2) is 48.5 Å². The van der Waals surface area contributed by atoms with Gasteiger partial charge in [0, 0.05) is 18.7 Å². The van der Waals surface area contributed by atoms with E-state index in [2.05, 4.69) is 25.8 Å². The van der Waals surface area contributed by atoms with Crippen LogP contribution in [-0.4, -0.2) is 40.8 Å². The molecule has 3 N–H and O–H groups in total. The second kappa shape index (κ2) is 9.51. The number of carbonyl (C=O) groups excluding carboxylic acids is 2. The van der Waals surface area contributed by atoms with Gasteiger partial charge in [-0.2, -0.15) is 5.10 Å². The fourth-order valence-electron chi connectivity index (χ4n) is 3.77. The van der Waals surface area contributed by atoms with Gasteiger partial charge in [0.15, 0.2) is 5.82 Å². The quantitative estimate of drug-likeness (QED) is 0.549. The molecular weight excluding hydrogens is 408 g/mol. The van der Waals surface area contributed by atoms with Crippen LogP contribution in [0, 0.1) is 6.92 Å². The van der Waals surface area contributed by atoms with Crippen molar-refractivity contribution in [3.63, 3.8) is 0 Å². The molecule has 1 aliphatic heterocycles. The highest BCUT2D eigenvalue weighted by Gasteiger charge is 2.24. The average molecular weight is 435 g/mol. The Hall–Kier alpha value is -3.88. The molecule has 2 aromatic carbocycles. The summed E-state index contributed by atoms with van der Waals surface area (Å²) in [6, 6.07) is 13.8. The number of rotatable bonds is 6. The first-order valence-corrected chi connectivity index (χ1v) is 10.5. The monoisotopic (exact) mass is 434 g/mol. The van der Waals surface area contributed by atoms with Crippen LogP contribution in [0.3, 0.4) is 0 Å². The Bertz CT molecular complexity index is 1100. The second-order valence-corrected chi connectivity index (χ2v) is 7.61. The minimum Gasteiger partial charge on any atom is -0.495 e. The van der Waals surface area contributed by atoms with E-state index in [9.17, 15) is 9.59 Å². The zero-order valence-electron chi connectivity index (χ0n) is 18.1. The van der Waals surface area contributed by atoms with Crippen LogP contribution in [0.5, 0.6) is 5.75 Å². The Morgan fingerprint density at radius 2 is 2.00 bits per heavy atom. The Labute approximate surface area is 186 Å². The smallest absolute Gasteiger partial charge is 0.320 e. The molecule has 1 aliphatic rings. The highest BCUT2D eigenvalue weighted by molar-refractivity contribution is 5.97. The van der Waals surface area contributed by atoms with Gasteiger partial charge >= 0.3 is 6.03 Å². The number of anilines is 2. The van der Waals surface area contributed by atoms with Crippen LogP contribution >= 0.6 is 0 Å². The van der Waals surface area contributed by atoms with Crippen LogP contribution in [0.25, 0.3) is 0 Å². The summed E-state index contributed by atoms with van der Waals surface area (Å²) in [4.78, 5) is 31.4. The summed E-state index contributed by atoms with van der Waals surface area (Å²) in [5, 5.41) is 12.8. The van der Waals surface area contributed by atoms with E-state index < -0.39 is 12.1 Å². The third-order valence-electron chi connectivity index (χ3n) is 5.33. The first-order valence-electron chi connectivity index (χ1n) is 10.5. The van der Waals surface area contributed by atoms with E-state index in [1.54, 1.807) is 37.1 Å². The number of hydrogen-bond acceptors (Lipinski definition) is 5. The largest absolute Gasteiger partial charge is 0.495 e. The number of H-pyrrole nitrogens is 1. The van der Waals surface area contributed by atoms with Crippen molar-refractivity contribution in [3.8, 4) is 5.75 Å². The zero-order chi connectivity index (χ0) is 22.5. The minimum absolute atomic E-state index is 0.0558. The lowest BCUT2D eigenvalue weighted by molar-refractivity contribution is -0.119. The van der Waals surface area contributed by atoms with E-state index in [-0.39, 0.29) is 5.91 Å². The number of aromatic nitrogens is 3. The van der Waals surface area contributed by atoms with Crippen LogP contribution in [-0.2, 0) is 4.79 Å². The Morgan fingerprint density at radius 3 is 2.69 bits per heavy atom. The van der Waals surface area contributed by atoms with Crippen LogP contribution in [0.2, 0.25) is 0 Å². The number of amides is 3. The lowest BCUT2D eigenvalue weighted by Gasteiger charge is -2.28. The van der Waals surface area contributed by atoms with Gasteiger partial charge in [0.1, 0.15) is 17.6 Å². The number of nitrogens with one attached hydrogen (secondary N) is 3. The van der Waals surface area contributed by atoms with Gasteiger partial charge in [-0.05, 0) is 43.5 Å². The highest BCUT2D eigenvalue weighted by Crippen LogP contribution is 2.33. The fourth-order valence-corrected chi connectivity index (χ4v) is 3.77. The Balaban J connectivity index is 1.55. The second-order valence-electron chi connectivity index (χ2n) is 7.61. The molecule has 9 heteroatoms. The van der Waals surface area contributed by atoms with Crippen molar-refractivity contribution in [1.29, 1.82) is 0 Å². The lowest BCUT2D eigenvalue weighted by Crippen LogP contribution is -2.36.